The molecule has 1 aliphatic heterocycles. The van der Waals surface area contributed by atoms with Gasteiger partial charge in [0.1, 0.15) is 5.75 Å². The van der Waals surface area contributed by atoms with Gasteiger partial charge in [0.05, 0.1) is 18.9 Å². The summed E-state index contributed by atoms with van der Waals surface area (Å²) in [4.78, 5) is 12.3. The number of hydrogen-bond acceptors (Lipinski definition) is 3. The van der Waals surface area contributed by atoms with E-state index in [1.807, 2.05) is 24.3 Å². The molecule has 0 aromatic heterocycles. The number of rotatable bonds is 2. The second kappa shape index (κ2) is 6.30. The van der Waals surface area contributed by atoms with Gasteiger partial charge in [-0.1, -0.05) is 34.1 Å². The molecule has 0 fully saturated rings. The van der Waals surface area contributed by atoms with Crippen LogP contribution in [0.2, 0.25) is 0 Å². The van der Waals surface area contributed by atoms with Gasteiger partial charge in [-0.15, -0.1) is 0 Å². The fourth-order valence-corrected chi connectivity index (χ4v) is 4.13. The van der Waals surface area contributed by atoms with Crippen molar-refractivity contribution in [2.45, 2.75) is 25.8 Å². The molecule has 0 N–H and O–H groups in total. The number of carbonyl (C=O) groups is 1. The number of methoxy groups -OCH3 is 1. The summed E-state index contributed by atoms with van der Waals surface area (Å²) in [5.74, 6) is 1.01. The van der Waals surface area contributed by atoms with Crippen LogP contribution < -0.4 is 4.74 Å². The van der Waals surface area contributed by atoms with Crippen LogP contribution in [0, 0.1) is 5.92 Å². The molecule has 2 aromatic carbocycles. The Morgan fingerprint density at radius 2 is 2.00 bits per heavy atom. The first-order valence-electron chi connectivity index (χ1n) is 8.39. The van der Waals surface area contributed by atoms with Crippen molar-refractivity contribution < 1.29 is 9.53 Å². The topological polar surface area (TPSA) is 41.9 Å². The van der Waals surface area contributed by atoms with Crippen LogP contribution in [0.5, 0.6) is 5.75 Å². The summed E-state index contributed by atoms with van der Waals surface area (Å²) in [7, 11) is 1.67. The van der Waals surface area contributed by atoms with Crippen LogP contribution in [-0.2, 0) is 11.2 Å². The molecule has 0 saturated heterocycles. The first-order chi connectivity index (χ1) is 12.1. The first-order valence-corrected chi connectivity index (χ1v) is 9.19. The van der Waals surface area contributed by atoms with E-state index < -0.39 is 0 Å². The highest BCUT2D eigenvalue weighted by atomic mass is 79.9. The van der Waals surface area contributed by atoms with Crippen LogP contribution in [0.3, 0.4) is 0 Å². The maximum atomic E-state index is 12.3. The third-order valence-electron chi connectivity index (χ3n) is 5.06. The van der Waals surface area contributed by atoms with Gasteiger partial charge < -0.3 is 4.74 Å². The average Bonchev–Trinajstić information content (AvgIpc) is 3.02. The normalized spacial score (nSPS) is 21.4. The lowest BCUT2D eigenvalue weighted by molar-refractivity contribution is -0.131. The van der Waals surface area contributed by atoms with Crippen molar-refractivity contribution >= 4 is 27.5 Å². The number of halogens is 1. The number of benzene rings is 2. The molecule has 0 saturated carbocycles. The highest BCUT2D eigenvalue weighted by molar-refractivity contribution is 9.10. The zero-order valence-corrected chi connectivity index (χ0v) is 15.8. The lowest BCUT2D eigenvalue weighted by atomic mass is 9.77. The van der Waals surface area contributed by atoms with Gasteiger partial charge in [-0.05, 0) is 48.2 Å². The van der Waals surface area contributed by atoms with Gasteiger partial charge in [-0.25, -0.2) is 5.01 Å². The van der Waals surface area contributed by atoms with E-state index in [2.05, 4.69) is 34.1 Å². The van der Waals surface area contributed by atoms with Crippen LogP contribution in [0.1, 0.15) is 36.1 Å². The van der Waals surface area contributed by atoms with Gasteiger partial charge in [-0.2, -0.15) is 5.10 Å². The summed E-state index contributed by atoms with van der Waals surface area (Å²) in [5, 5.41) is 6.39. The number of carbonyl (C=O) groups excluding carboxylic acids is 1. The number of ether oxygens (including phenoxy) is 1. The molecule has 2 aliphatic rings. The zero-order valence-electron chi connectivity index (χ0n) is 14.2. The zero-order chi connectivity index (χ0) is 17.6. The summed E-state index contributed by atoms with van der Waals surface area (Å²) >= 11 is 3.48. The van der Waals surface area contributed by atoms with Gasteiger partial charge >= 0.3 is 0 Å². The Balaban J connectivity index is 1.80. The second-order valence-corrected chi connectivity index (χ2v) is 7.43. The molecule has 2 aromatic rings. The Morgan fingerprint density at radius 3 is 2.68 bits per heavy atom. The smallest absolute Gasteiger partial charge is 0.240 e. The van der Waals surface area contributed by atoms with E-state index in [9.17, 15) is 4.79 Å². The summed E-state index contributed by atoms with van der Waals surface area (Å²) in [5.41, 5.74) is 4.51. The maximum Gasteiger partial charge on any atom is 0.240 e. The number of fused-ring (bicyclic) bond motifs is 3. The molecular weight excluding hydrogens is 380 g/mol. The summed E-state index contributed by atoms with van der Waals surface area (Å²) < 4.78 is 6.42. The fraction of sp³-hybridized carbons (Fsp3) is 0.300. The van der Waals surface area contributed by atoms with Gasteiger partial charge in [0, 0.05) is 22.9 Å². The molecule has 2 unspecified atom stereocenters. The van der Waals surface area contributed by atoms with Crippen molar-refractivity contribution in [3.8, 4) is 5.75 Å². The second-order valence-electron chi connectivity index (χ2n) is 6.51. The highest BCUT2D eigenvalue weighted by Crippen LogP contribution is 2.44. The predicted octanol–water partition coefficient (Wildman–Crippen LogP) is 4.33. The van der Waals surface area contributed by atoms with E-state index in [-0.39, 0.29) is 17.9 Å². The van der Waals surface area contributed by atoms with Crippen LogP contribution in [0.25, 0.3) is 0 Å². The van der Waals surface area contributed by atoms with Gasteiger partial charge in [0.2, 0.25) is 5.91 Å². The standard InChI is InChI=1S/C20H19BrN2O2/c1-12(24)23-20(14-3-7-15(21)8-4-14)17-10-6-13-5-9-16(25-2)11-18(13)19(17)22-23/h3-5,7-9,11,17,20H,6,10H2,1-2H3. The van der Waals surface area contributed by atoms with E-state index >= 15 is 0 Å². The van der Waals surface area contributed by atoms with Crippen LogP contribution in [0.15, 0.2) is 52.0 Å². The van der Waals surface area contributed by atoms with Crippen molar-refractivity contribution in [3.63, 3.8) is 0 Å². The fourth-order valence-electron chi connectivity index (χ4n) is 3.87. The molecule has 2 atom stereocenters. The molecule has 0 bridgehead atoms. The van der Waals surface area contributed by atoms with Gasteiger partial charge in [0.25, 0.3) is 0 Å². The molecule has 0 radical (unpaired) electrons. The number of hydrazone groups is 1. The first kappa shape index (κ1) is 16.3. The van der Waals surface area contributed by atoms with Crippen molar-refractivity contribution in [1.29, 1.82) is 0 Å². The van der Waals surface area contributed by atoms with Crippen molar-refractivity contribution in [2.75, 3.05) is 7.11 Å². The molecule has 4 nitrogen and oxygen atoms in total. The summed E-state index contributed by atoms with van der Waals surface area (Å²) in [6.45, 7) is 1.58. The molecule has 1 heterocycles. The Hall–Kier alpha value is -2.14. The van der Waals surface area contributed by atoms with Crippen LogP contribution in [-0.4, -0.2) is 23.7 Å². The highest BCUT2D eigenvalue weighted by Gasteiger charge is 2.43. The predicted molar refractivity (Wildman–Crippen MR) is 101 cm³/mol. The molecule has 128 valence electrons. The largest absolute Gasteiger partial charge is 0.497 e. The minimum Gasteiger partial charge on any atom is -0.497 e. The van der Waals surface area contributed by atoms with E-state index in [1.54, 1.807) is 19.0 Å². The van der Waals surface area contributed by atoms with Crippen LogP contribution >= 0.6 is 15.9 Å². The minimum atomic E-state index is -0.0417. The minimum absolute atomic E-state index is 0.0285. The lowest BCUT2D eigenvalue weighted by Crippen LogP contribution is -2.31. The van der Waals surface area contributed by atoms with Crippen LogP contribution in [0.4, 0.5) is 0 Å². The van der Waals surface area contributed by atoms with E-state index in [1.165, 1.54) is 5.56 Å². The molecule has 5 heteroatoms. The Morgan fingerprint density at radius 1 is 1.24 bits per heavy atom. The van der Waals surface area contributed by atoms with Crippen molar-refractivity contribution in [2.24, 2.45) is 11.0 Å². The monoisotopic (exact) mass is 398 g/mol. The SMILES string of the molecule is COc1ccc2c(c1)C1=NN(C(C)=O)C(c3ccc(Br)cc3)C1CC2. The molecule has 1 amide bonds. The van der Waals surface area contributed by atoms with E-state index in [4.69, 9.17) is 9.84 Å². The lowest BCUT2D eigenvalue weighted by Gasteiger charge is -2.29. The third-order valence-corrected chi connectivity index (χ3v) is 5.59. The summed E-state index contributed by atoms with van der Waals surface area (Å²) in [6.07, 6.45) is 1.98. The third kappa shape index (κ3) is 2.76. The maximum absolute atomic E-state index is 12.3. The van der Waals surface area contributed by atoms with Gasteiger partial charge in [-0.3, -0.25) is 4.79 Å². The molecule has 1 aliphatic carbocycles. The summed E-state index contributed by atoms with van der Waals surface area (Å²) in [6, 6.07) is 14.3. The Labute approximate surface area is 155 Å². The van der Waals surface area contributed by atoms with E-state index in [0.717, 1.165) is 39.9 Å². The molecule has 4 rings (SSSR count). The number of nitrogens with zero attached hydrogens (tertiary/aromatic N) is 2. The number of amides is 1. The Bertz CT molecular complexity index is 860. The molecule has 0 spiro atoms. The number of hydrogen-bond donors (Lipinski definition) is 0. The van der Waals surface area contributed by atoms with Crippen molar-refractivity contribution in [1.82, 2.24) is 5.01 Å². The molecule has 25 heavy (non-hydrogen) atoms. The van der Waals surface area contributed by atoms with Crippen molar-refractivity contribution in [3.05, 3.63) is 63.6 Å². The van der Waals surface area contributed by atoms with E-state index in [0.29, 0.717) is 0 Å². The van der Waals surface area contributed by atoms with Gasteiger partial charge in [0.15, 0.2) is 0 Å². The Kier molecular flexibility index (Phi) is 4.12. The quantitative estimate of drug-likeness (QED) is 0.755. The average molecular weight is 399 g/mol. The number of aryl methyl sites for hydroxylation is 1. The molecular formula is C20H19BrN2O2.